The van der Waals surface area contributed by atoms with Crippen LogP contribution in [0.4, 0.5) is 0 Å². The summed E-state index contributed by atoms with van der Waals surface area (Å²) in [7, 11) is 0. The van der Waals surface area contributed by atoms with E-state index in [4.69, 9.17) is 4.74 Å². The zero-order valence-electron chi connectivity index (χ0n) is 17.6. The molecule has 1 aromatic rings. The largest absolute Gasteiger partial charge is 0.378 e. The van der Waals surface area contributed by atoms with Crippen molar-refractivity contribution in [3.8, 4) is 0 Å². The molecule has 0 bridgehead atoms. The highest BCUT2D eigenvalue weighted by Gasteiger charge is 2.31. The summed E-state index contributed by atoms with van der Waals surface area (Å²) >= 11 is 0. The van der Waals surface area contributed by atoms with Gasteiger partial charge in [0.2, 0.25) is 11.8 Å². The Kier molecular flexibility index (Phi) is 6.76. The van der Waals surface area contributed by atoms with Crippen LogP contribution in [0.1, 0.15) is 50.7 Å². The van der Waals surface area contributed by atoms with Crippen molar-refractivity contribution in [3.05, 3.63) is 35.4 Å². The highest BCUT2D eigenvalue weighted by molar-refractivity contribution is 5.80. The Morgan fingerprint density at radius 1 is 1.00 bits per heavy atom. The normalized spacial score (nSPS) is 19.0. The molecule has 0 saturated carbocycles. The molecule has 2 aliphatic rings. The number of hydrogen-bond acceptors (Lipinski definition) is 3. The fourth-order valence-electron chi connectivity index (χ4n) is 4.14. The lowest BCUT2D eigenvalue weighted by molar-refractivity contribution is -0.143. The summed E-state index contributed by atoms with van der Waals surface area (Å²) in [5.41, 5.74) is 2.51. The molecule has 1 aromatic carbocycles. The molecule has 2 aliphatic heterocycles. The number of amides is 2. The molecule has 154 valence electrons. The average molecular weight is 387 g/mol. The Hall–Kier alpha value is -1.88. The maximum Gasteiger partial charge on any atom is 0.225 e. The monoisotopic (exact) mass is 386 g/mol. The SMILES string of the molecule is Cc1ccc(C(C)(C)CCC(=O)N2CCC(C(=O)N3CCOCC3)CC2)cc1. The fourth-order valence-corrected chi connectivity index (χ4v) is 4.14. The highest BCUT2D eigenvalue weighted by Crippen LogP contribution is 2.29. The molecule has 0 radical (unpaired) electrons. The van der Waals surface area contributed by atoms with Crippen LogP contribution in [0.5, 0.6) is 0 Å². The van der Waals surface area contributed by atoms with Gasteiger partial charge >= 0.3 is 0 Å². The van der Waals surface area contributed by atoms with Crippen molar-refractivity contribution in [3.63, 3.8) is 0 Å². The van der Waals surface area contributed by atoms with Gasteiger partial charge in [0.15, 0.2) is 0 Å². The maximum atomic E-state index is 12.7. The lowest BCUT2D eigenvalue weighted by Crippen LogP contribution is -2.47. The number of carbonyl (C=O) groups excluding carboxylic acids is 2. The van der Waals surface area contributed by atoms with Gasteiger partial charge in [0.1, 0.15) is 0 Å². The number of hydrogen-bond donors (Lipinski definition) is 0. The zero-order chi connectivity index (χ0) is 20.1. The quantitative estimate of drug-likeness (QED) is 0.781. The van der Waals surface area contributed by atoms with Crippen LogP contribution in [0.3, 0.4) is 0 Å². The van der Waals surface area contributed by atoms with Crippen LogP contribution in [-0.4, -0.2) is 61.0 Å². The second kappa shape index (κ2) is 9.08. The van der Waals surface area contributed by atoms with E-state index in [1.807, 2.05) is 9.80 Å². The van der Waals surface area contributed by atoms with Crippen molar-refractivity contribution in [1.29, 1.82) is 0 Å². The third-order valence-corrected chi connectivity index (χ3v) is 6.32. The lowest BCUT2D eigenvalue weighted by Gasteiger charge is -2.36. The first kappa shape index (κ1) is 20.8. The first-order valence-electron chi connectivity index (χ1n) is 10.6. The summed E-state index contributed by atoms with van der Waals surface area (Å²) in [5.74, 6) is 0.527. The summed E-state index contributed by atoms with van der Waals surface area (Å²) in [5, 5.41) is 0. The number of carbonyl (C=O) groups is 2. The summed E-state index contributed by atoms with van der Waals surface area (Å²) < 4.78 is 5.33. The molecule has 2 amide bonds. The van der Waals surface area contributed by atoms with Crippen LogP contribution >= 0.6 is 0 Å². The van der Waals surface area contributed by atoms with Crippen LogP contribution in [0, 0.1) is 12.8 Å². The average Bonchev–Trinajstić information content (AvgIpc) is 2.72. The first-order chi connectivity index (χ1) is 13.4. The van der Waals surface area contributed by atoms with E-state index in [1.165, 1.54) is 11.1 Å². The fraction of sp³-hybridized carbons (Fsp3) is 0.652. The molecule has 28 heavy (non-hydrogen) atoms. The van der Waals surface area contributed by atoms with Crippen molar-refractivity contribution in [2.24, 2.45) is 5.92 Å². The van der Waals surface area contributed by atoms with Crippen LogP contribution in [0.15, 0.2) is 24.3 Å². The molecule has 0 spiro atoms. The van der Waals surface area contributed by atoms with Crippen molar-refractivity contribution < 1.29 is 14.3 Å². The molecule has 0 N–H and O–H groups in total. The predicted molar refractivity (Wildman–Crippen MR) is 110 cm³/mol. The van der Waals surface area contributed by atoms with Gasteiger partial charge in [-0.1, -0.05) is 43.7 Å². The second-order valence-electron chi connectivity index (χ2n) is 8.84. The Morgan fingerprint density at radius 2 is 1.61 bits per heavy atom. The summed E-state index contributed by atoms with van der Waals surface area (Å²) in [6, 6.07) is 8.61. The third kappa shape index (κ3) is 5.13. The molecule has 2 fully saturated rings. The molecule has 0 aromatic heterocycles. The summed E-state index contributed by atoms with van der Waals surface area (Å²) in [6.45, 7) is 10.6. The second-order valence-corrected chi connectivity index (χ2v) is 8.84. The first-order valence-corrected chi connectivity index (χ1v) is 10.6. The van der Waals surface area contributed by atoms with Gasteiger partial charge in [-0.25, -0.2) is 0 Å². The van der Waals surface area contributed by atoms with Crippen molar-refractivity contribution in [1.82, 2.24) is 9.80 Å². The number of morpholine rings is 1. The van der Waals surface area contributed by atoms with E-state index >= 15 is 0 Å². The Morgan fingerprint density at radius 3 is 2.21 bits per heavy atom. The summed E-state index contributed by atoms with van der Waals surface area (Å²) in [6.07, 6.45) is 2.96. The minimum Gasteiger partial charge on any atom is -0.378 e. The van der Waals surface area contributed by atoms with Gasteiger partial charge < -0.3 is 14.5 Å². The van der Waals surface area contributed by atoms with Crippen molar-refractivity contribution in [2.75, 3.05) is 39.4 Å². The van der Waals surface area contributed by atoms with Gasteiger partial charge in [0.25, 0.3) is 0 Å². The zero-order valence-corrected chi connectivity index (χ0v) is 17.6. The van der Waals surface area contributed by atoms with Crippen LogP contribution < -0.4 is 0 Å². The lowest BCUT2D eigenvalue weighted by atomic mass is 9.80. The molecular weight excluding hydrogens is 352 g/mol. The van der Waals surface area contributed by atoms with Crippen LogP contribution in [-0.2, 0) is 19.7 Å². The Bertz CT molecular complexity index is 670. The van der Waals surface area contributed by atoms with Gasteiger partial charge in [-0.05, 0) is 37.2 Å². The van der Waals surface area contributed by atoms with Gasteiger partial charge in [-0.2, -0.15) is 0 Å². The van der Waals surface area contributed by atoms with Crippen LogP contribution in [0.2, 0.25) is 0 Å². The number of nitrogens with zero attached hydrogens (tertiary/aromatic N) is 2. The molecule has 5 heteroatoms. The predicted octanol–water partition coefficient (Wildman–Crippen LogP) is 3.15. The standard InChI is InChI=1S/C23H34N2O3/c1-18-4-6-20(7-5-18)23(2,3)11-8-21(26)24-12-9-19(10-13-24)22(27)25-14-16-28-17-15-25/h4-7,19H,8-17H2,1-3H3. The minimum absolute atomic E-state index is 0.0199. The molecule has 5 nitrogen and oxygen atoms in total. The molecule has 2 heterocycles. The van der Waals surface area contributed by atoms with E-state index in [-0.39, 0.29) is 23.1 Å². The van der Waals surface area contributed by atoms with Gasteiger partial charge in [0.05, 0.1) is 13.2 Å². The van der Waals surface area contributed by atoms with Crippen molar-refractivity contribution in [2.45, 2.75) is 51.9 Å². The van der Waals surface area contributed by atoms with E-state index in [1.54, 1.807) is 0 Å². The number of rotatable bonds is 5. The maximum absolute atomic E-state index is 12.7. The van der Waals surface area contributed by atoms with E-state index in [0.717, 1.165) is 19.3 Å². The van der Waals surface area contributed by atoms with E-state index in [2.05, 4.69) is 45.0 Å². The number of ether oxygens (including phenoxy) is 1. The number of piperidine rings is 1. The van der Waals surface area contributed by atoms with E-state index in [0.29, 0.717) is 45.8 Å². The topological polar surface area (TPSA) is 49.9 Å². The van der Waals surface area contributed by atoms with Crippen LogP contribution in [0.25, 0.3) is 0 Å². The molecule has 3 rings (SSSR count). The molecule has 0 unspecified atom stereocenters. The molecule has 0 aliphatic carbocycles. The van der Waals surface area contributed by atoms with Gasteiger partial charge in [0, 0.05) is 38.5 Å². The molecule has 0 atom stereocenters. The van der Waals surface area contributed by atoms with Crippen molar-refractivity contribution >= 4 is 11.8 Å². The molecule has 2 saturated heterocycles. The summed E-state index contributed by atoms with van der Waals surface area (Å²) in [4.78, 5) is 29.2. The third-order valence-electron chi connectivity index (χ3n) is 6.32. The Labute approximate surface area is 169 Å². The minimum atomic E-state index is -0.0199. The number of likely N-dealkylation sites (tertiary alicyclic amines) is 1. The highest BCUT2D eigenvalue weighted by atomic mass is 16.5. The van der Waals surface area contributed by atoms with Gasteiger partial charge in [-0.15, -0.1) is 0 Å². The van der Waals surface area contributed by atoms with E-state index in [9.17, 15) is 9.59 Å². The van der Waals surface area contributed by atoms with Gasteiger partial charge in [-0.3, -0.25) is 9.59 Å². The Balaban J connectivity index is 1.46. The number of aryl methyl sites for hydroxylation is 1. The smallest absolute Gasteiger partial charge is 0.225 e. The number of benzene rings is 1. The molecular formula is C23H34N2O3. The van der Waals surface area contributed by atoms with E-state index < -0.39 is 0 Å².